The normalized spacial score (nSPS) is 13.1. The predicted octanol–water partition coefficient (Wildman–Crippen LogP) is 12.3. The van der Waals surface area contributed by atoms with Crippen LogP contribution in [0, 0.1) is 0 Å². The molecule has 244 valence electrons. The van der Waals surface area contributed by atoms with Gasteiger partial charge in [0, 0.05) is 10.9 Å². The maximum absolute atomic E-state index is 5.28. The third-order valence-corrected chi connectivity index (χ3v) is 10.6. The first kappa shape index (κ1) is 30.0. The summed E-state index contributed by atoms with van der Waals surface area (Å²) in [6, 6.07) is 69.5. The Morgan fingerprint density at radius 2 is 1.00 bits per heavy atom. The van der Waals surface area contributed by atoms with Crippen LogP contribution in [0.2, 0.25) is 0 Å². The molecule has 0 radical (unpaired) electrons. The van der Waals surface area contributed by atoms with Crippen molar-refractivity contribution < 1.29 is 0 Å². The molecule has 0 fully saturated rings. The summed E-state index contributed by atoms with van der Waals surface area (Å²) in [6.45, 7) is 0. The van der Waals surface area contributed by atoms with Crippen molar-refractivity contribution in [1.29, 1.82) is 0 Å². The summed E-state index contributed by atoms with van der Waals surface area (Å²) in [6.07, 6.45) is 1.95. The highest BCUT2D eigenvalue weighted by Crippen LogP contribution is 2.57. The van der Waals surface area contributed by atoms with Crippen LogP contribution >= 0.6 is 0 Å². The van der Waals surface area contributed by atoms with E-state index in [0.717, 1.165) is 50.5 Å². The van der Waals surface area contributed by atoms with Gasteiger partial charge in [-0.25, -0.2) is 9.97 Å². The molecule has 7 aromatic carbocycles. The first-order valence-electron chi connectivity index (χ1n) is 17.8. The van der Waals surface area contributed by atoms with Crippen LogP contribution in [0.3, 0.4) is 0 Å². The van der Waals surface area contributed by atoms with Crippen LogP contribution in [-0.2, 0) is 5.41 Å². The van der Waals surface area contributed by atoms with Gasteiger partial charge in [-0.05, 0) is 68.4 Å². The Kier molecular flexibility index (Phi) is 7.04. The Labute approximate surface area is 303 Å². The number of hydrogen-bond acceptors (Lipinski definition) is 3. The first-order chi connectivity index (χ1) is 25.8. The molecule has 0 bridgehead atoms. The smallest absolute Gasteiger partial charge is 0.138 e. The zero-order valence-corrected chi connectivity index (χ0v) is 28.4. The van der Waals surface area contributed by atoms with Crippen LogP contribution in [0.1, 0.15) is 22.3 Å². The van der Waals surface area contributed by atoms with Gasteiger partial charge in [0.2, 0.25) is 0 Å². The molecule has 1 aliphatic heterocycles. The third kappa shape index (κ3) is 4.60. The van der Waals surface area contributed by atoms with E-state index in [1.807, 2.05) is 6.20 Å². The van der Waals surface area contributed by atoms with Gasteiger partial charge in [0.1, 0.15) is 5.82 Å². The number of rotatable bonds is 5. The zero-order chi connectivity index (χ0) is 34.5. The molecule has 52 heavy (non-hydrogen) atoms. The highest BCUT2D eigenvalue weighted by molar-refractivity contribution is 6.02. The summed E-state index contributed by atoms with van der Waals surface area (Å²) in [7, 11) is 0. The van der Waals surface area contributed by atoms with E-state index in [-0.39, 0.29) is 0 Å². The second-order valence-corrected chi connectivity index (χ2v) is 13.4. The van der Waals surface area contributed by atoms with Gasteiger partial charge in [0.05, 0.1) is 34.2 Å². The average Bonchev–Trinajstić information content (AvgIpc) is 3.23. The number of pyridine rings is 2. The number of fused-ring (bicyclic) bond motifs is 4. The van der Waals surface area contributed by atoms with Gasteiger partial charge in [-0.15, -0.1) is 0 Å². The van der Waals surface area contributed by atoms with E-state index >= 15 is 0 Å². The summed E-state index contributed by atoms with van der Waals surface area (Å²) in [5.74, 6) is 0.846. The van der Waals surface area contributed by atoms with Crippen molar-refractivity contribution >= 4 is 38.9 Å². The topological polar surface area (TPSA) is 29.0 Å². The highest BCUT2D eigenvalue weighted by atomic mass is 15.2. The van der Waals surface area contributed by atoms with Crippen LogP contribution in [-0.4, -0.2) is 9.97 Å². The molecule has 2 aromatic heterocycles. The van der Waals surface area contributed by atoms with Gasteiger partial charge in [0.25, 0.3) is 0 Å². The van der Waals surface area contributed by atoms with Crippen LogP contribution in [0.5, 0.6) is 0 Å². The molecular weight excluding hydrogens is 631 g/mol. The van der Waals surface area contributed by atoms with Gasteiger partial charge in [0.15, 0.2) is 0 Å². The Bertz CT molecular complexity index is 2650. The van der Waals surface area contributed by atoms with E-state index in [4.69, 9.17) is 9.97 Å². The van der Waals surface area contributed by atoms with Gasteiger partial charge < -0.3 is 0 Å². The van der Waals surface area contributed by atoms with Crippen molar-refractivity contribution in [1.82, 2.24) is 9.97 Å². The molecule has 1 aliphatic rings. The van der Waals surface area contributed by atoms with E-state index in [1.54, 1.807) is 0 Å². The lowest BCUT2D eigenvalue weighted by atomic mass is 9.62. The molecule has 9 aromatic rings. The molecule has 10 rings (SSSR count). The van der Waals surface area contributed by atoms with Gasteiger partial charge >= 0.3 is 0 Å². The molecule has 3 heteroatoms. The van der Waals surface area contributed by atoms with Crippen molar-refractivity contribution in [2.24, 2.45) is 0 Å². The van der Waals surface area contributed by atoms with Crippen LogP contribution in [0.4, 0.5) is 17.2 Å². The molecule has 0 spiro atoms. The van der Waals surface area contributed by atoms with Crippen LogP contribution < -0.4 is 4.90 Å². The summed E-state index contributed by atoms with van der Waals surface area (Å²) in [5.41, 5.74) is 11.7. The number of nitrogens with zero attached hydrogens (tertiary/aromatic N) is 3. The second-order valence-electron chi connectivity index (χ2n) is 13.4. The minimum Gasteiger partial charge on any atom is -0.294 e. The highest BCUT2D eigenvalue weighted by Gasteiger charge is 2.46. The molecule has 0 atom stereocenters. The zero-order valence-electron chi connectivity index (χ0n) is 28.4. The van der Waals surface area contributed by atoms with E-state index in [9.17, 15) is 0 Å². The van der Waals surface area contributed by atoms with Crippen molar-refractivity contribution in [2.45, 2.75) is 5.41 Å². The molecule has 3 heterocycles. The van der Waals surface area contributed by atoms with E-state index in [1.165, 1.54) is 33.0 Å². The fourth-order valence-electron chi connectivity index (χ4n) is 8.34. The largest absolute Gasteiger partial charge is 0.294 e. The molecular formula is C49H33N3. The van der Waals surface area contributed by atoms with Crippen molar-refractivity contribution in [3.05, 3.63) is 223 Å². The number of benzene rings is 7. The van der Waals surface area contributed by atoms with Crippen LogP contribution in [0.15, 0.2) is 200 Å². The number of hydrogen-bond donors (Lipinski definition) is 0. The maximum Gasteiger partial charge on any atom is 0.138 e. The van der Waals surface area contributed by atoms with Crippen molar-refractivity contribution in [2.75, 3.05) is 4.90 Å². The molecule has 0 aliphatic carbocycles. The molecule has 3 nitrogen and oxygen atoms in total. The minimum atomic E-state index is -0.535. The van der Waals surface area contributed by atoms with Gasteiger partial charge in [-0.3, -0.25) is 4.90 Å². The Balaban J connectivity index is 1.23. The summed E-state index contributed by atoms with van der Waals surface area (Å²) >= 11 is 0. The number of anilines is 3. The van der Waals surface area contributed by atoms with Gasteiger partial charge in [-0.1, -0.05) is 170 Å². The summed E-state index contributed by atoms with van der Waals surface area (Å²) in [5, 5.41) is 3.43. The average molecular weight is 664 g/mol. The number of aromatic nitrogens is 2. The Hall–Kier alpha value is -6.84. The van der Waals surface area contributed by atoms with Crippen molar-refractivity contribution in [3.8, 4) is 22.4 Å². The lowest BCUT2D eigenvalue weighted by Crippen LogP contribution is -2.37. The fourth-order valence-corrected chi connectivity index (χ4v) is 8.34. The van der Waals surface area contributed by atoms with Crippen molar-refractivity contribution in [3.63, 3.8) is 0 Å². The Morgan fingerprint density at radius 1 is 0.442 bits per heavy atom. The number of para-hydroxylation sites is 2. The lowest BCUT2D eigenvalue weighted by molar-refractivity contribution is 0.730. The second kappa shape index (κ2) is 12.2. The monoisotopic (exact) mass is 663 g/mol. The summed E-state index contributed by atoms with van der Waals surface area (Å²) < 4.78 is 0. The third-order valence-electron chi connectivity index (χ3n) is 10.6. The standard InChI is InChI=1S/C49H33N3/c1-4-17-35(18-5-1)40-31-44(39-26-16-20-34-19-10-11-25-38(34)39)51-45-33-50-48(32-41(40)45)52-46-29-14-12-27-42(46)49(36-21-6-2-7-22-36,37-23-8-3-9-24-37)43-28-13-15-30-47(43)52/h1-33H. The predicted molar refractivity (Wildman–Crippen MR) is 214 cm³/mol. The SMILES string of the molecule is c1ccc(-c2cc(-c3cccc4ccccc34)nc3cnc(N4c5ccccc5C(c5ccccc5)(c5ccccc5)c5ccccc54)cc23)cc1. The minimum absolute atomic E-state index is 0.535. The molecule has 0 saturated heterocycles. The van der Waals surface area contributed by atoms with E-state index < -0.39 is 5.41 Å². The molecule has 0 unspecified atom stereocenters. The lowest BCUT2D eigenvalue weighted by Gasteiger charge is -2.46. The molecule has 0 amide bonds. The molecule has 0 saturated carbocycles. The fraction of sp³-hybridized carbons (Fsp3) is 0.0204. The van der Waals surface area contributed by atoms with E-state index in [0.29, 0.717) is 0 Å². The molecule has 0 N–H and O–H groups in total. The van der Waals surface area contributed by atoms with Gasteiger partial charge in [-0.2, -0.15) is 0 Å². The van der Waals surface area contributed by atoms with E-state index in [2.05, 4.69) is 199 Å². The quantitative estimate of drug-likeness (QED) is 0.183. The first-order valence-corrected chi connectivity index (χ1v) is 17.8. The maximum atomic E-state index is 5.28. The summed E-state index contributed by atoms with van der Waals surface area (Å²) in [4.78, 5) is 12.8. The van der Waals surface area contributed by atoms with Crippen LogP contribution in [0.25, 0.3) is 44.1 Å². The Morgan fingerprint density at radius 3 is 1.67 bits per heavy atom.